The van der Waals surface area contributed by atoms with Crippen molar-refractivity contribution in [2.45, 2.75) is 32.1 Å². The van der Waals surface area contributed by atoms with Crippen LogP contribution in [0.25, 0.3) is 11.1 Å². The van der Waals surface area contributed by atoms with Crippen molar-refractivity contribution in [2.24, 2.45) is 0 Å². The third kappa shape index (κ3) is 1.80. The molecule has 1 aliphatic rings. The first-order valence-corrected chi connectivity index (χ1v) is 6.64. The Morgan fingerprint density at radius 1 is 0.950 bits per heavy atom. The van der Waals surface area contributed by atoms with Crippen LogP contribution in [0.4, 0.5) is 8.78 Å². The van der Waals surface area contributed by atoms with E-state index in [9.17, 15) is 8.78 Å². The first-order chi connectivity index (χ1) is 9.21. The average molecular weight is 268 g/mol. The third-order valence-electron chi connectivity index (χ3n) is 4.21. The number of halogens is 2. The summed E-state index contributed by atoms with van der Waals surface area (Å²) in [6, 6.07) is 10.7. The van der Waals surface area contributed by atoms with Gasteiger partial charge in [-0.05, 0) is 28.3 Å². The van der Waals surface area contributed by atoms with E-state index in [4.69, 9.17) is 7.85 Å². The molecule has 0 aliphatic heterocycles. The van der Waals surface area contributed by atoms with Crippen LogP contribution in [0, 0.1) is 0 Å². The minimum absolute atomic E-state index is 0.0603. The highest BCUT2D eigenvalue weighted by molar-refractivity contribution is 6.32. The van der Waals surface area contributed by atoms with Gasteiger partial charge in [0.15, 0.2) is 0 Å². The fourth-order valence-electron chi connectivity index (χ4n) is 3.03. The molecule has 0 spiro atoms. The van der Waals surface area contributed by atoms with E-state index in [0.29, 0.717) is 5.46 Å². The molecule has 2 aromatic rings. The second-order valence-electron chi connectivity index (χ2n) is 6.08. The molecule has 0 saturated carbocycles. The summed E-state index contributed by atoms with van der Waals surface area (Å²) in [5.41, 5.74) is 4.61. The summed E-state index contributed by atoms with van der Waals surface area (Å²) in [6.45, 7) is 5.03. The van der Waals surface area contributed by atoms with E-state index in [1.807, 2.05) is 18.2 Å². The molecular formula is C17H15BF2. The van der Waals surface area contributed by atoms with E-state index in [-0.39, 0.29) is 11.0 Å². The van der Waals surface area contributed by atoms with Gasteiger partial charge in [-0.3, -0.25) is 0 Å². The summed E-state index contributed by atoms with van der Waals surface area (Å²) in [6.07, 6.45) is 0. The minimum atomic E-state index is -2.82. The number of fused-ring (bicyclic) bond motifs is 3. The molecule has 0 nitrogen and oxygen atoms in total. The lowest BCUT2D eigenvalue weighted by Crippen LogP contribution is -2.18. The van der Waals surface area contributed by atoms with Crippen molar-refractivity contribution in [1.82, 2.24) is 0 Å². The number of rotatable bonds is 1. The molecule has 0 saturated heterocycles. The van der Waals surface area contributed by atoms with Gasteiger partial charge < -0.3 is 0 Å². The smallest absolute Gasteiger partial charge is 0.202 e. The SMILES string of the molecule is [B]c1ccc2c(c1)C(C)(C)c1cc(C(C)(F)F)ccc1-2. The number of alkyl halides is 2. The fraction of sp³-hybridized carbons (Fsp3) is 0.294. The lowest BCUT2D eigenvalue weighted by Gasteiger charge is -2.23. The Morgan fingerprint density at radius 2 is 1.50 bits per heavy atom. The monoisotopic (exact) mass is 268 g/mol. The number of hydrogen-bond acceptors (Lipinski definition) is 0. The Morgan fingerprint density at radius 3 is 2.10 bits per heavy atom. The molecule has 0 aromatic heterocycles. The number of hydrogen-bond donors (Lipinski definition) is 0. The Labute approximate surface area is 119 Å². The molecule has 100 valence electrons. The standard InChI is InChI=1S/C17H15BF2/c1-16(2)14-8-10(17(3,19)20)4-6-12(14)13-7-5-11(18)9-15(13)16/h4-9H,1-3H3. The number of benzene rings is 2. The van der Waals surface area contributed by atoms with Crippen LogP contribution < -0.4 is 5.46 Å². The van der Waals surface area contributed by atoms with Crippen molar-refractivity contribution in [2.75, 3.05) is 0 Å². The molecule has 0 amide bonds. The van der Waals surface area contributed by atoms with Crippen LogP contribution in [0.3, 0.4) is 0 Å². The van der Waals surface area contributed by atoms with Crippen molar-refractivity contribution < 1.29 is 8.78 Å². The van der Waals surface area contributed by atoms with Crippen LogP contribution in [-0.2, 0) is 11.3 Å². The third-order valence-corrected chi connectivity index (χ3v) is 4.21. The van der Waals surface area contributed by atoms with Gasteiger partial charge in [-0.15, -0.1) is 0 Å². The largest absolute Gasteiger partial charge is 0.270 e. The zero-order valence-corrected chi connectivity index (χ0v) is 11.8. The molecule has 0 heterocycles. The van der Waals surface area contributed by atoms with Crippen molar-refractivity contribution in [3.8, 4) is 11.1 Å². The Kier molecular flexibility index (Phi) is 2.63. The maximum absolute atomic E-state index is 13.5. The predicted octanol–water partition coefficient (Wildman–Crippen LogP) is 3.90. The lowest BCUT2D eigenvalue weighted by atomic mass is 9.80. The molecular weight excluding hydrogens is 253 g/mol. The van der Waals surface area contributed by atoms with Gasteiger partial charge in [0.1, 0.15) is 7.85 Å². The maximum atomic E-state index is 13.5. The van der Waals surface area contributed by atoms with Gasteiger partial charge in [-0.1, -0.05) is 49.6 Å². The van der Waals surface area contributed by atoms with Crippen molar-refractivity contribution >= 4 is 13.3 Å². The quantitative estimate of drug-likeness (QED) is 0.688. The van der Waals surface area contributed by atoms with Crippen molar-refractivity contribution in [1.29, 1.82) is 0 Å². The summed E-state index contributed by atoms with van der Waals surface area (Å²) >= 11 is 0. The van der Waals surface area contributed by atoms with Crippen LogP contribution in [0.15, 0.2) is 36.4 Å². The first kappa shape index (κ1) is 13.4. The molecule has 0 N–H and O–H groups in total. The Balaban J connectivity index is 2.27. The van der Waals surface area contributed by atoms with E-state index < -0.39 is 5.92 Å². The highest BCUT2D eigenvalue weighted by Gasteiger charge is 2.37. The summed E-state index contributed by atoms with van der Waals surface area (Å²) in [7, 11) is 5.87. The zero-order chi connectivity index (χ0) is 14.7. The van der Waals surface area contributed by atoms with Gasteiger partial charge in [-0.2, -0.15) is 0 Å². The van der Waals surface area contributed by atoms with Crippen molar-refractivity contribution in [3.05, 3.63) is 53.1 Å². The molecule has 2 aromatic carbocycles. The van der Waals surface area contributed by atoms with Gasteiger partial charge in [-0.25, -0.2) is 8.78 Å². The molecule has 1 aliphatic carbocycles. The van der Waals surface area contributed by atoms with E-state index in [0.717, 1.165) is 29.2 Å². The maximum Gasteiger partial charge on any atom is 0.270 e. The molecule has 0 fully saturated rings. The van der Waals surface area contributed by atoms with E-state index in [1.165, 1.54) is 6.07 Å². The van der Waals surface area contributed by atoms with Crippen LogP contribution in [0.1, 0.15) is 37.5 Å². The van der Waals surface area contributed by atoms with E-state index in [2.05, 4.69) is 13.8 Å². The van der Waals surface area contributed by atoms with Crippen molar-refractivity contribution in [3.63, 3.8) is 0 Å². The van der Waals surface area contributed by atoms with Gasteiger partial charge in [0.05, 0.1) is 0 Å². The second-order valence-corrected chi connectivity index (χ2v) is 6.08. The molecule has 3 rings (SSSR count). The van der Waals surface area contributed by atoms with E-state index >= 15 is 0 Å². The molecule has 0 unspecified atom stereocenters. The highest BCUT2D eigenvalue weighted by Crippen LogP contribution is 2.49. The zero-order valence-electron chi connectivity index (χ0n) is 11.8. The van der Waals surface area contributed by atoms with Gasteiger partial charge >= 0.3 is 0 Å². The Hall–Kier alpha value is -1.64. The average Bonchev–Trinajstić information content (AvgIpc) is 2.57. The fourth-order valence-corrected chi connectivity index (χ4v) is 3.03. The van der Waals surface area contributed by atoms with Crippen LogP contribution >= 0.6 is 0 Å². The highest BCUT2D eigenvalue weighted by atomic mass is 19.3. The molecule has 2 radical (unpaired) electrons. The molecule has 20 heavy (non-hydrogen) atoms. The molecule has 0 bridgehead atoms. The summed E-state index contributed by atoms with van der Waals surface area (Å²) in [4.78, 5) is 0. The predicted molar refractivity (Wildman–Crippen MR) is 79.0 cm³/mol. The van der Waals surface area contributed by atoms with Gasteiger partial charge in [0, 0.05) is 17.9 Å². The van der Waals surface area contributed by atoms with Crippen LogP contribution in [-0.4, -0.2) is 7.85 Å². The molecule has 3 heteroatoms. The second kappa shape index (κ2) is 3.94. The summed E-state index contributed by atoms with van der Waals surface area (Å²) in [5.74, 6) is -2.82. The van der Waals surface area contributed by atoms with E-state index in [1.54, 1.807) is 12.1 Å². The molecule has 0 atom stereocenters. The normalized spacial score (nSPS) is 15.8. The first-order valence-electron chi connectivity index (χ1n) is 6.64. The summed E-state index contributed by atoms with van der Waals surface area (Å²) < 4.78 is 27.1. The lowest BCUT2D eigenvalue weighted by molar-refractivity contribution is 0.0174. The van der Waals surface area contributed by atoms with Gasteiger partial charge in [0.25, 0.3) is 5.92 Å². The summed E-state index contributed by atoms with van der Waals surface area (Å²) in [5, 5.41) is 0. The topological polar surface area (TPSA) is 0 Å². The Bertz CT molecular complexity index is 697. The van der Waals surface area contributed by atoms with Gasteiger partial charge in [0.2, 0.25) is 0 Å². The van der Waals surface area contributed by atoms with Crippen LogP contribution in [0.5, 0.6) is 0 Å². The minimum Gasteiger partial charge on any atom is -0.202 e. The van der Waals surface area contributed by atoms with Crippen LogP contribution in [0.2, 0.25) is 0 Å².